The van der Waals surface area contributed by atoms with Crippen molar-refractivity contribution in [1.29, 1.82) is 0 Å². The first-order chi connectivity index (χ1) is 9.20. The molecule has 1 atom stereocenters. The molecule has 3 N–H and O–H groups in total. The molecule has 0 fully saturated rings. The third kappa shape index (κ3) is 2.32. The van der Waals surface area contributed by atoms with E-state index in [0.717, 1.165) is 20.5 Å². The summed E-state index contributed by atoms with van der Waals surface area (Å²) in [5.74, 6) is 6.41. The molecule has 3 aromatic rings. The summed E-state index contributed by atoms with van der Waals surface area (Å²) in [5, 5.41) is 3.57. The Hall–Kier alpha value is -0.850. The highest BCUT2D eigenvalue weighted by Crippen LogP contribution is 2.36. The fourth-order valence-electron chi connectivity index (χ4n) is 1.99. The number of hydrazine groups is 1. The SMILES string of the molecule is NNC(c1cc2cccc(Cl)c2o1)c1sccc1Br. The molecular formula is C13H10BrClN2OS. The lowest BCUT2D eigenvalue weighted by atomic mass is 10.2. The van der Waals surface area contributed by atoms with E-state index in [9.17, 15) is 0 Å². The monoisotopic (exact) mass is 356 g/mol. The van der Waals surface area contributed by atoms with Gasteiger partial charge in [-0.3, -0.25) is 5.84 Å². The van der Waals surface area contributed by atoms with Gasteiger partial charge in [0.25, 0.3) is 0 Å². The molecule has 1 aromatic carbocycles. The quantitative estimate of drug-likeness (QED) is 0.537. The number of benzene rings is 1. The van der Waals surface area contributed by atoms with Gasteiger partial charge in [-0.1, -0.05) is 23.7 Å². The first kappa shape index (κ1) is 13.1. The maximum absolute atomic E-state index is 6.12. The Morgan fingerprint density at radius 2 is 2.21 bits per heavy atom. The van der Waals surface area contributed by atoms with Crippen molar-refractivity contribution in [3.63, 3.8) is 0 Å². The van der Waals surface area contributed by atoms with Gasteiger partial charge in [0.2, 0.25) is 0 Å². The molecule has 2 heterocycles. The van der Waals surface area contributed by atoms with Crippen LogP contribution in [0.2, 0.25) is 5.02 Å². The predicted octanol–water partition coefficient (Wildman–Crippen LogP) is 4.46. The molecule has 6 heteroatoms. The molecule has 2 aromatic heterocycles. The number of furan rings is 1. The first-order valence-electron chi connectivity index (χ1n) is 5.57. The predicted molar refractivity (Wildman–Crippen MR) is 82.4 cm³/mol. The van der Waals surface area contributed by atoms with Crippen molar-refractivity contribution in [3.8, 4) is 0 Å². The van der Waals surface area contributed by atoms with Crippen LogP contribution >= 0.6 is 38.9 Å². The van der Waals surface area contributed by atoms with E-state index < -0.39 is 0 Å². The zero-order chi connectivity index (χ0) is 13.4. The molecule has 0 saturated heterocycles. The average molecular weight is 358 g/mol. The van der Waals surface area contributed by atoms with Crippen molar-refractivity contribution in [2.45, 2.75) is 6.04 Å². The molecule has 3 nitrogen and oxygen atoms in total. The summed E-state index contributed by atoms with van der Waals surface area (Å²) in [7, 11) is 0. The molecule has 3 rings (SSSR count). The molecule has 0 aliphatic carbocycles. The number of nitrogens with one attached hydrogen (secondary N) is 1. The fourth-order valence-corrected chi connectivity index (χ4v) is 3.88. The number of fused-ring (bicyclic) bond motifs is 1. The summed E-state index contributed by atoms with van der Waals surface area (Å²) in [5.41, 5.74) is 3.47. The van der Waals surface area contributed by atoms with E-state index >= 15 is 0 Å². The van der Waals surface area contributed by atoms with Crippen LogP contribution in [0.3, 0.4) is 0 Å². The summed E-state index contributed by atoms with van der Waals surface area (Å²) in [6.07, 6.45) is 0. The van der Waals surface area contributed by atoms with Crippen LogP contribution in [0.4, 0.5) is 0 Å². The van der Waals surface area contributed by atoms with Gasteiger partial charge in [-0.15, -0.1) is 11.3 Å². The maximum atomic E-state index is 6.12. The van der Waals surface area contributed by atoms with E-state index in [4.69, 9.17) is 21.9 Å². The van der Waals surface area contributed by atoms with Crippen molar-refractivity contribution in [2.75, 3.05) is 0 Å². The van der Waals surface area contributed by atoms with Gasteiger partial charge in [-0.25, -0.2) is 5.43 Å². The zero-order valence-electron chi connectivity index (χ0n) is 9.69. The molecule has 0 aliphatic rings. The molecule has 0 amide bonds. The number of rotatable bonds is 3. The van der Waals surface area contributed by atoms with Crippen molar-refractivity contribution in [3.05, 3.63) is 55.8 Å². The minimum atomic E-state index is -0.196. The lowest BCUT2D eigenvalue weighted by Crippen LogP contribution is -2.28. The minimum absolute atomic E-state index is 0.196. The second-order valence-corrected chi connectivity index (χ2v) is 6.25. The largest absolute Gasteiger partial charge is 0.457 e. The Kier molecular flexibility index (Phi) is 3.64. The summed E-state index contributed by atoms with van der Waals surface area (Å²) < 4.78 is 6.85. The van der Waals surface area contributed by atoms with Gasteiger partial charge in [-0.05, 0) is 39.5 Å². The number of thiophene rings is 1. The first-order valence-corrected chi connectivity index (χ1v) is 7.62. The van der Waals surface area contributed by atoms with Crippen LogP contribution in [0.15, 0.2) is 44.6 Å². The number of hydrogen-bond donors (Lipinski definition) is 2. The molecule has 1 unspecified atom stereocenters. The van der Waals surface area contributed by atoms with E-state index in [-0.39, 0.29) is 6.04 Å². The van der Waals surface area contributed by atoms with Gasteiger partial charge in [0.15, 0.2) is 5.58 Å². The molecule has 0 saturated carbocycles. The minimum Gasteiger partial charge on any atom is -0.457 e. The Bertz CT molecular complexity index is 724. The van der Waals surface area contributed by atoms with E-state index in [1.54, 1.807) is 11.3 Å². The van der Waals surface area contributed by atoms with Crippen molar-refractivity contribution in [2.24, 2.45) is 5.84 Å². The molecule has 0 radical (unpaired) electrons. The van der Waals surface area contributed by atoms with Gasteiger partial charge in [-0.2, -0.15) is 0 Å². The summed E-state index contributed by atoms with van der Waals surface area (Å²) in [4.78, 5) is 1.07. The molecule has 0 bridgehead atoms. The highest BCUT2D eigenvalue weighted by atomic mass is 79.9. The Balaban J connectivity index is 2.12. The standard InChI is InChI=1S/C13H10BrClN2OS/c14-8-4-5-19-13(8)11(17-16)10-6-7-2-1-3-9(15)12(7)18-10/h1-6,11,17H,16H2. The Labute approximate surface area is 127 Å². The summed E-state index contributed by atoms with van der Waals surface area (Å²) in [6.45, 7) is 0. The van der Waals surface area contributed by atoms with Crippen molar-refractivity contribution >= 4 is 49.8 Å². The smallest absolute Gasteiger partial charge is 0.152 e. The molecule has 98 valence electrons. The van der Waals surface area contributed by atoms with Crippen LogP contribution in [0.1, 0.15) is 16.7 Å². The average Bonchev–Trinajstić information content (AvgIpc) is 2.99. The summed E-state index contributed by atoms with van der Waals surface area (Å²) in [6, 6.07) is 9.42. The normalized spacial score (nSPS) is 13.0. The third-order valence-electron chi connectivity index (χ3n) is 2.87. The highest BCUT2D eigenvalue weighted by molar-refractivity contribution is 9.10. The number of para-hydroxylation sites is 1. The zero-order valence-corrected chi connectivity index (χ0v) is 12.8. The molecular weight excluding hydrogens is 348 g/mol. The van der Waals surface area contributed by atoms with E-state index in [2.05, 4.69) is 21.4 Å². The van der Waals surface area contributed by atoms with E-state index in [1.807, 2.05) is 35.7 Å². The van der Waals surface area contributed by atoms with Crippen LogP contribution in [0.5, 0.6) is 0 Å². The van der Waals surface area contributed by atoms with Crippen molar-refractivity contribution in [1.82, 2.24) is 5.43 Å². The lowest BCUT2D eigenvalue weighted by Gasteiger charge is -2.11. The van der Waals surface area contributed by atoms with Crippen LogP contribution in [-0.4, -0.2) is 0 Å². The number of nitrogens with two attached hydrogens (primary N) is 1. The second kappa shape index (κ2) is 5.26. The van der Waals surface area contributed by atoms with Crippen LogP contribution in [0, 0.1) is 0 Å². The van der Waals surface area contributed by atoms with E-state index in [0.29, 0.717) is 10.6 Å². The van der Waals surface area contributed by atoms with Crippen LogP contribution < -0.4 is 11.3 Å². The van der Waals surface area contributed by atoms with Crippen LogP contribution in [-0.2, 0) is 0 Å². The maximum Gasteiger partial charge on any atom is 0.152 e. The molecule has 0 aliphatic heterocycles. The number of halogens is 2. The fraction of sp³-hybridized carbons (Fsp3) is 0.0769. The topological polar surface area (TPSA) is 51.2 Å². The molecule has 19 heavy (non-hydrogen) atoms. The van der Waals surface area contributed by atoms with E-state index in [1.165, 1.54) is 0 Å². The van der Waals surface area contributed by atoms with Gasteiger partial charge in [0.05, 0.1) is 5.02 Å². The Morgan fingerprint density at radius 1 is 1.37 bits per heavy atom. The molecule has 0 spiro atoms. The van der Waals surface area contributed by atoms with Gasteiger partial charge in [0, 0.05) is 14.7 Å². The Morgan fingerprint density at radius 3 is 2.84 bits per heavy atom. The van der Waals surface area contributed by atoms with Crippen molar-refractivity contribution < 1.29 is 4.42 Å². The third-order valence-corrected chi connectivity index (χ3v) is 5.11. The van der Waals surface area contributed by atoms with Crippen LogP contribution in [0.25, 0.3) is 11.0 Å². The summed E-state index contributed by atoms with van der Waals surface area (Å²) >= 11 is 11.2. The lowest BCUT2D eigenvalue weighted by molar-refractivity contribution is 0.480. The van der Waals surface area contributed by atoms with Gasteiger partial charge < -0.3 is 4.42 Å². The van der Waals surface area contributed by atoms with Gasteiger partial charge >= 0.3 is 0 Å². The second-order valence-electron chi connectivity index (χ2n) is 4.04. The number of hydrogen-bond acceptors (Lipinski definition) is 4. The van der Waals surface area contributed by atoms with Gasteiger partial charge in [0.1, 0.15) is 11.8 Å². The highest BCUT2D eigenvalue weighted by Gasteiger charge is 2.21.